The van der Waals surface area contributed by atoms with Gasteiger partial charge in [0.25, 0.3) is 0 Å². The maximum Gasteiger partial charge on any atom is 0.0794 e. The van der Waals surface area contributed by atoms with Gasteiger partial charge in [0.1, 0.15) is 0 Å². The first kappa shape index (κ1) is 26.3. The molecular weight excluding hydrogens is 384 g/mol. The van der Waals surface area contributed by atoms with Crippen LogP contribution in [0.3, 0.4) is 0 Å². The minimum Gasteiger partial charge on any atom is -0.395 e. The van der Waals surface area contributed by atoms with Crippen molar-refractivity contribution in [1.82, 2.24) is 10.2 Å². The lowest BCUT2D eigenvalue weighted by Gasteiger charge is -2.39. The zero-order chi connectivity index (χ0) is 22.7. The normalized spacial score (nSPS) is 20.0. The van der Waals surface area contributed by atoms with Crippen LogP contribution in [0.1, 0.15) is 84.6 Å². The molecule has 0 amide bonds. The van der Waals surface area contributed by atoms with Crippen LogP contribution in [0.2, 0.25) is 0 Å². The molecule has 3 unspecified atom stereocenters. The van der Waals surface area contributed by atoms with Crippen molar-refractivity contribution in [3.05, 3.63) is 35.9 Å². The molecule has 0 saturated carbocycles. The second-order valence-electron chi connectivity index (χ2n) is 10.6. The largest absolute Gasteiger partial charge is 0.395 e. The molecule has 3 atom stereocenters. The summed E-state index contributed by atoms with van der Waals surface area (Å²) >= 11 is 0. The molecule has 3 N–H and O–H groups in total. The first-order valence-corrected chi connectivity index (χ1v) is 12.7. The van der Waals surface area contributed by atoms with E-state index in [1.54, 1.807) is 0 Å². The van der Waals surface area contributed by atoms with Crippen LogP contribution in [-0.2, 0) is 6.54 Å². The van der Waals surface area contributed by atoms with E-state index in [4.69, 9.17) is 0 Å². The number of hydrogen-bond acceptors (Lipinski definition) is 4. The van der Waals surface area contributed by atoms with E-state index in [9.17, 15) is 10.2 Å². The molecule has 1 fully saturated rings. The number of likely N-dealkylation sites (tertiary alicyclic amines) is 1. The number of aliphatic hydroxyl groups is 2. The zero-order valence-electron chi connectivity index (χ0n) is 20.5. The molecule has 0 spiro atoms. The summed E-state index contributed by atoms with van der Waals surface area (Å²) in [5, 5.41) is 24.7. The van der Waals surface area contributed by atoms with Crippen molar-refractivity contribution in [3.8, 4) is 0 Å². The summed E-state index contributed by atoms with van der Waals surface area (Å²) in [7, 11) is 0. The Labute approximate surface area is 191 Å². The van der Waals surface area contributed by atoms with Crippen LogP contribution in [0.4, 0.5) is 0 Å². The number of benzene rings is 1. The Bertz CT molecular complexity index is 582. The van der Waals surface area contributed by atoms with Crippen molar-refractivity contribution >= 4 is 0 Å². The SMILES string of the molecule is CC(C)CCCC(C)CCCC(C)(O)C(CO)NC1CCN(Cc2ccccc2)CC1. The molecule has 31 heavy (non-hydrogen) atoms. The monoisotopic (exact) mass is 432 g/mol. The fourth-order valence-corrected chi connectivity index (χ4v) is 4.81. The first-order valence-electron chi connectivity index (χ1n) is 12.7. The molecule has 178 valence electrons. The second-order valence-corrected chi connectivity index (χ2v) is 10.6. The first-order chi connectivity index (χ1) is 14.8. The van der Waals surface area contributed by atoms with Gasteiger partial charge in [0.15, 0.2) is 0 Å². The molecule has 0 aromatic heterocycles. The molecule has 1 saturated heterocycles. The molecule has 1 aromatic carbocycles. The Morgan fingerprint density at radius 2 is 1.68 bits per heavy atom. The van der Waals surface area contributed by atoms with Crippen LogP contribution < -0.4 is 5.32 Å². The average Bonchev–Trinajstić information content (AvgIpc) is 2.73. The van der Waals surface area contributed by atoms with Crippen LogP contribution in [0.25, 0.3) is 0 Å². The van der Waals surface area contributed by atoms with Gasteiger partial charge in [-0.15, -0.1) is 0 Å². The quantitative estimate of drug-likeness (QED) is 0.388. The van der Waals surface area contributed by atoms with E-state index in [0.717, 1.165) is 57.7 Å². The highest BCUT2D eigenvalue weighted by molar-refractivity contribution is 5.14. The van der Waals surface area contributed by atoms with E-state index >= 15 is 0 Å². The molecule has 1 aliphatic rings. The van der Waals surface area contributed by atoms with Crippen LogP contribution in [0, 0.1) is 11.8 Å². The third-order valence-electron chi connectivity index (χ3n) is 7.06. The van der Waals surface area contributed by atoms with E-state index in [1.807, 2.05) is 6.92 Å². The van der Waals surface area contributed by atoms with Gasteiger partial charge in [0.05, 0.1) is 18.2 Å². The Hall–Kier alpha value is -0.940. The Morgan fingerprint density at radius 1 is 1.03 bits per heavy atom. The van der Waals surface area contributed by atoms with Gasteiger partial charge in [-0.2, -0.15) is 0 Å². The zero-order valence-corrected chi connectivity index (χ0v) is 20.5. The summed E-state index contributed by atoms with van der Waals surface area (Å²) in [5.74, 6) is 1.50. The van der Waals surface area contributed by atoms with Gasteiger partial charge >= 0.3 is 0 Å². The van der Waals surface area contributed by atoms with Gasteiger partial charge in [0, 0.05) is 12.6 Å². The summed E-state index contributed by atoms with van der Waals surface area (Å²) in [6, 6.07) is 10.8. The highest BCUT2D eigenvalue weighted by atomic mass is 16.3. The van der Waals surface area contributed by atoms with Crippen LogP contribution in [-0.4, -0.2) is 52.5 Å². The van der Waals surface area contributed by atoms with E-state index in [0.29, 0.717) is 12.0 Å². The summed E-state index contributed by atoms with van der Waals surface area (Å²) in [6.07, 6.45) is 8.93. The van der Waals surface area contributed by atoms with Crippen molar-refractivity contribution in [2.45, 2.75) is 103 Å². The number of hydrogen-bond donors (Lipinski definition) is 3. The molecule has 1 heterocycles. The second kappa shape index (κ2) is 13.6. The molecule has 0 aliphatic carbocycles. The molecule has 0 radical (unpaired) electrons. The number of nitrogens with one attached hydrogen (secondary N) is 1. The van der Waals surface area contributed by atoms with Gasteiger partial charge in [-0.1, -0.05) is 83.2 Å². The number of rotatable bonds is 14. The van der Waals surface area contributed by atoms with Crippen molar-refractivity contribution in [3.63, 3.8) is 0 Å². The van der Waals surface area contributed by atoms with E-state index in [2.05, 4.69) is 61.3 Å². The average molecular weight is 433 g/mol. The van der Waals surface area contributed by atoms with Gasteiger partial charge in [-0.05, 0) is 56.7 Å². The van der Waals surface area contributed by atoms with Crippen LogP contribution in [0.15, 0.2) is 30.3 Å². The fourth-order valence-electron chi connectivity index (χ4n) is 4.81. The van der Waals surface area contributed by atoms with Gasteiger partial charge in [-0.25, -0.2) is 0 Å². The van der Waals surface area contributed by atoms with Gasteiger partial charge in [-0.3, -0.25) is 4.90 Å². The molecule has 4 heteroatoms. The molecular formula is C27H48N2O2. The lowest BCUT2D eigenvalue weighted by molar-refractivity contribution is -0.0180. The Morgan fingerprint density at radius 3 is 2.29 bits per heavy atom. The van der Waals surface area contributed by atoms with E-state index < -0.39 is 5.60 Å². The number of nitrogens with zero attached hydrogens (tertiary/aromatic N) is 1. The van der Waals surface area contributed by atoms with Crippen LogP contribution in [0.5, 0.6) is 0 Å². The predicted molar refractivity (Wildman–Crippen MR) is 131 cm³/mol. The summed E-state index contributed by atoms with van der Waals surface area (Å²) in [4.78, 5) is 2.50. The summed E-state index contributed by atoms with van der Waals surface area (Å²) in [5.41, 5.74) is 0.497. The standard InChI is InChI=1S/C27H48N2O2/c1-22(2)10-8-11-23(3)12-9-17-27(4,31)26(21-30)28-25-15-18-29(19-16-25)20-24-13-6-5-7-14-24/h5-7,13-14,22-23,25-26,28,30-31H,8-12,15-21H2,1-4H3. The number of piperidine rings is 1. The minimum absolute atomic E-state index is 0.0127. The maximum atomic E-state index is 11.1. The minimum atomic E-state index is -0.867. The topological polar surface area (TPSA) is 55.7 Å². The lowest BCUT2D eigenvalue weighted by Crippen LogP contribution is -2.56. The third-order valence-corrected chi connectivity index (χ3v) is 7.06. The predicted octanol–water partition coefficient (Wildman–Crippen LogP) is 4.99. The lowest BCUT2D eigenvalue weighted by atomic mass is 9.87. The van der Waals surface area contributed by atoms with E-state index in [1.165, 1.54) is 24.8 Å². The number of aliphatic hydroxyl groups excluding tert-OH is 1. The highest BCUT2D eigenvalue weighted by Gasteiger charge is 2.33. The molecule has 0 bridgehead atoms. The van der Waals surface area contributed by atoms with Crippen LogP contribution >= 0.6 is 0 Å². The Balaban J connectivity index is 1.69. The van der Waals surface area contributed by atoms with Gasteiger partial charge < -0.3 is 15.5 Å². The summed E-state index contributed by atoms with van der Waals surface area (Å²) in [6.45, 7) is 11.9. The maximum absolute atomic E-state index is 11.1. The van der Waals surface area contributed by atoms with Crippen molar-refractivity contribution in [2.24, 2.45) is 11.8 Å². The van der Waals surface area contributed by atoms with E-state index in [-0.39, 0.29) is 12.6 Å². The molecule has 4 nitrogen and oxygen atoms in total. The van der Waals surface area contributed by atoms with Gasteiger partial charge in [0.2, 0.25) is 0 Å². The van der Waals surface area contributed by atoms with Crippen molar-refractivity contribution in [1.29, 1.82) is 0 Å². The fraction of sp³-hybridized carbons (Fsp3) is 0.778. The molecule has 1 aromatic rings. The smallest absolute Gasteiger partial charge is 0.0794 e. The highest BCUT2D eigenvalue weighted by Crippen LogP contribution is 2.24. The van der Waals surface area contributed by atoms with Crippen molar-refractivity contribution in [2.75, 3.05) is 19.7 Å². The third kappa shape index (κ3) is 10.0. The molecule has 1 aliphatic heterocycles. The summed E-state index contributed by atoms with van der Waals surface area (Å²) < 4.78 is 0. The Kier molecular flexibility index (Phi) is 11.5. The van der Waals surface area contributed by atoms with Crippen molar-refractivity contribution < 1.29 is 10.2 Å². The molecule has 2 rings (SSSR count).